The largest absolute Gasteiger partial charge is 0.865 e. The van der Waals surface area contributed by atoms with Crippen LogP contribution < -0.4 is 10.2 Å². The molecule has 0 fully saturated rings. The molecule has 0 aromatic rings. The van der Waals surface area contributed by atoms with Crippen molar-refractivity contribution in [1.29, 1.82) is 0 Å². The van der Waals surface area contributed by atoms with Gasteiger partial charge in [-0.3, -0.25) is 0 Å². The van der Waals surface area contributed by atoms with Crippen LogP contribution in [-0.2, 0) is 0 Å². The van der Waals surface area contributed by atoms with Crippen LogP contribution in [0.2, 0.25) is 0 Å². The quantitative estimate of drug-likeness (QED) is 0.425. The van der Waals surface area contributed by atoms with Gasteiger partial charge in [0.25, 0.3) is 0 Å². The van der Waals surface area contributed by atoms with E-state index in [-0.39, 0.29) is 5.92 Å². The van der Waals surface area contributed by atoms with Gasteiger partial charge in [0.05, 0.1) is 0 Å². The monoisotopic (exact) mass is 186 g/mol. The van der Waals surface area contributed by atoms with Crippen molar-refractivity contribution >= 4 is 0 Å². The van der Waals surface area contributed by atoms with Gasteiger partial charge in [-0.15, -0.1) is 0 Å². The molecule has 0 aliphatic rings. The van der Waals surface area contributed by atoms with Gasteiger partial charge in [0.15, 0.2) is 0 Å². The van der Waals surface area contributed by atoms with Crippen molar-refractivity contribution in [3.8, 4) is 0 Å². The second kappa shape index (κ2) is 8.52. The highest BCUT2D eigenvalue weighted by atomic mass is 16.5. The molecule has 0 saturated carbocycles. The van der Waals surface area contributed by atoms with Gasteiger partial charge in [-0.25, -0.2) is 6.29 Å². The molecule has 0 spiro atoms. The molecule has 0 saturated heterocycles. The molecule has 0 aromatic heterocycles. The van der Waals surface area contributed by atoms with Crippen LogP contribution in [0.3, 0.4) is 0 Å². The first-order valence-electron chi connectivity index (χ1n) is 5.50. The summed E-state index contributed by atoms with van der Waals surface area (Å²) in [5.74, 6) is -0.189. The highest BCUT2D eigenvalue weighted by molar-refractivity contribution is 4.53. The average Bonchev–Trinajstić information content (AvgIpc) is 2.10. The van der Waals surface area contributed by atoms with Crippen LogP contribution in [0.15, 0.2) is 0 Å². The maximum Gasteiger partial charge on any atom is -0.0530 e. The number of hydrogen-bond donors (Lipinski definition) is 0. The Morgan fingerprint density at radius 1 is 0.923 bits per heavy atom. The van der Waals surface area contributed by atoms with Crippen molar-refractivity contribution in [3.63, 3.8) is 0 Å². The highest BCUT2D eigenvalue weighted by Gasteiger charge is 1.97. The molecule has 0 N–H and O–H groups in total. The average molecular weight is 186 g/mol. The van der Waals surface area contributed by atoms with Crippen molar-refractivity contribution in [1.82, 2.24) is 0 Å². The summed E-state index contributed by atoms with van der Waals surface area (Å²) in [5, 5.41) is 20.9. The van der Waals surface area contributed by atoms with Crippen molar-refractivity contribution < 1.29 is 10.2 Å². The van der Waals surface area contributed by atoms with Crippen LogP contribution in [0.25, 0.3) is 0 Å². The minimum Gasteiger partial charge on any atom is -0.865 e. The second-order valence-electron chi connectivity index (χ2n) is 3.90. The van der Waals surface area contributed by atoms with Crippen LogP contribution in [0.4, 0.5) is 0 Å². The van der Waals surface area contributed by atoms with E-state index in [4.69, 9.17) is 0 Å². The smallest absolute Gasteiger partial charge is 0.0530 e. The standard InChI is InChI=1S/C11H22O2/c1-3-4-5-6-7-8-9-10(2)11(12)13/h10-11H,3-9H2,1-2H3/q-2. The summed E-state index contributed by atoms with van der Waals surface area (Å²) in [6.07, 6.45) is 6.52. The molecule has 0 rings (SSSR count). The van der Waals surface area contributed by atoms with Crippen LogP contribution in [-0.4, -0.2) is 6.29 Å². The molecule has 0 amide bonds. The van der Waals surface area contributed by atoms with Crippen molar-refractivity contribution in [3.05, 3.63) is 0 Å². The van der Waals surface area contributed by atoms with Crippen LogP contribution >= 0.6 is 0 Å². The first kappa shape index (κ1) is 12.9. The highest BCUT2D eigenvalue weighted by Crippen LogP contribution is 2.11. The zero-order valence-electron chi connectivity index (χ0n) is 8.92. The Bertz CT molecular complexity index is 102. The Labute approximate surface area is 82.0 Å². The van der Waals surface area contributed by atoms with E-state index in [0.717, 1.165) is 12.8 Å². The van der Waals surface area contributed by atoms with Crippen LogP contribution in [0, 0.1) is 5.92 Å². The van der Waals surface area contributed by atoms with Gasteiger partial charge in [0, 0.05) is 0 Å². The van der Waals surface area contributed by atoms with Crippen molar-refractivity contribution in [2.24, 2.45) is 5.92 Å². The zero-order valence-corrected chi connectivity index (χ0v) is 8.92. The van der Waals surface area contributed by atoms with Gasteiger partial charge in [0.1, 0.15) is 0 Å². The molecular weight excluding hydrogens is 164 g/mol. The van der Waals surface area contributed by atoms with E-state index in [1.807, 2.05) is 0 Å². The predicted octanol–water partition coefficient (Wildman–Crippen LogP) is 1.42. The summed E-state index contributed by atoms with van der Waals surface area (Å²) in [5.41, 5.74) is 0. The van der Waals surface area contributed by atoms with E-state index in [9.17, 15) is 10.2 Å². The van der Waals surface area contributed by atoms with Crippen molar-refractivity contribution in [2.45, 2.75) is 65.1 Å². The first-order valence-corrected chi connectivity index (χ1v) is 5.50. The third kappa shape index (κ3) is 8.26. The molecule has 1 atom stereocenters. The Balaban J connectivity index is 3.07. The third-order valence-corrected chi connectivity index (χ3v) is 2.48. The normalized spacial score (nSPS) is 13.6. The molecule has 13 heavy (non-hydrogen) atoms. The van der Waals surface area contributed by atoms with Gasteiger partial charge in [0.2, 0.25) is 0 Å². The van der Waals surface area contributed by atoms with E-state index in [2.05, 4.69) is 6.92 Å². The Morgan fingerprint density at radius 2 is 1.46 bits per heavy atom. The Kier molecular flexibility index (Phi) is 8.46. The SMILES string of the molecule is CCCCCCCCC(C)C([O-])[O-]. The predicted molar refractivity (Wildman–Crippen MR) is 50.9 cm³/mol. The molecule has 0 aromatic carbocycles. The van der Waals surface area contributed by atoms with Gasteiger partial charge in [-0.1, -0.05) is 64.7 Å². The van der Waals surface area contributed by atoms with E-state index in [0.29, 0.717) is 0 Å². The Morgan fingerprint density at radius 3 is 2.00 bits per heavy atom. The fourth-order valence-electron chi connectivity index (χ4n) is 1.38. The molecular formula is C11H22O2-2. The molecule has 2 nitrogen and oxygen atoms in total. The minimum atomic E-state index is -1.63. The molecule has 1 unspecified atom stereocenters. The maximum absolute atomic E-state index is 10.4. The van der Waals surface area contributed by atoms with E-state index in [1.54, 1.807) is 6.92 Å². The van der Waals surface area contributed by atoms with Gasteiger partial charge in [-0.05, 0) is 0 Å². The third-order valence-electron chi connectivity index (χ3n) is 2.48. The Hall–Kier alpha value is -0.0800. The summed E-state index contributed by atoms with van der Waals surface area (Å²) in [6, 6.07) is 0. The molecule has 0 heterocycles. The first-order chi connectivity index (χ1) is 6.18. The van der Waals surface area contributed by atoms with E-state index >= 15 is 0 Å². The van der Waals surface area contributed by atoms with Crippen LogP contribution in [0.5, 0.6) is 0 Å². The number of hydrogen-bond acceptors (Lipinski definition) is 2. The lowest BCUT2D eigenvalue weighted by atomic mass is 10.0. The molecule has 0 aliphatic heterocycles. The second-order valence-corrected chi connectivity index (χ2v) is 3.90. The lowest BCUT2D eigenvalue weighted by Gasteiger charge is -2.35. The molecule has 0 radical (unpaired) electrons. The summed E-state index contributed by atoms with van der Waals surface area (Å²) in [7, 11) is 0. The molecule has 0 aliphatic carbocycles. The molecule has 80 valence electrons. The van der Waals surface area contributed by atoms with Crippen molar-refractivity contribution in [2.75, 3.05) is 0 Å². The fourth-order valence-corrected chi connectivity index (χ4v) is 1.38. The summed E-state index contributed by atoms with van der Waals surface area (Å²) < 4.78 is 0. The number of unbranched alkanes of at least 4 members (excludes halogenated alkanes) is 5. The molecule has 0 bridgehead atoms. The van der Waals surface area contributed by atoms with E-state index in [1.165, 1.54) is 32.1 Å². The minimum absolute atomic E-state index is 0.189. The van der Waals surface area contributed by atoms with E-state index < -0.39 is 6.29 Å². The maximum atomic E-state index is 10.4. The van der Waals surface area contributed by atoms with Gasteiger partial charge >= 0.3 is 0 Å². The summed E-state index contributed by atoms with van der Waals surface area (Å²) in [4.78, 5) is 0. The molecule has 2 heteroatoms. The van der Waals surface area contributed by atoms with Gasteiger partial charge < -0.3 is 10.2 Å². The van der Waals surface area contributed by atoms with Gasteiger partial charge in [-0.2, -0.15) is 0 Å². The lowest BCUT2D eigenvalue weighted by Crippen LogP contribution is -2.44. The lowest BCUT2D eigenvalue weighted by molar-refractivity contribution is -0.668. The van der Waals surface area contributed by atoms with Crippen LogP contribution in [0.1, 0.15) is 58.8 Å². The topological polar surface area (TPSA) is 46.1 Å². The summed E-state index contributed by atoms with van der Waals surface area (Å²) >= 11 is 0. The fraction of sp³-hybridized carbons (Fsp3) is 1.00. The summed E-state index contributed by atoms with van der Waals surface area (Å²) in [6.45, 7) is 3.96. The zero-order chi connectivity index (χ0) is 10.1. The number of rotatable bonds is 8.